The zero-order valence-electron chi connectivity index (χ0n) is 15.1. The van der Waals surface area contributed by atoms with Crippen molar-refractivity contribution in [3.8, 4) is 5.75 Å². The standard InChI is InChI=1S/C23H18BrFN2O/c24-17-8-5-15(6-9-17)14-27-20-4-2-1-3-19(20)26-23(27)22-11-7-16-13-18(25)10-12-21(16)28-22/h1-6,8-10,12-13,22H,7,11,14H2. The van der Waals surface area contributed by atoms with E-state index in [2.05, 4.69) is 50.8 Å². The van der Waals surface area contributed by atoms with Crippen LogP contribution in [0.2, 0.25) is 0 Å². The van der Waals surface area contributed by atoms with Gasteiger partial charge in [0.1, 0.15) is 11.6 Å². The van der Waals surface area contributed by atoms with Crippen LogP contribution in [0.15, 0.2) is 71.2 Å². The van der Waals surface area contributed by atoms with Gasteiger partial charge in [0.15, 0.2) is 11.9 Å². The lowest BCUT2D eigenvalue weighted by Crippen LogP contribution is -2.20. The molecule has 0 saturated heterocycles. The molecule has 0 bridgehead atoms. The number of para-hydroxylation sites is 2. The van der Waals surface area contributed by atoms with E-state index in [-0.39, 0.29) is 11.9 Å². The number of halogens is 2. The highest BCUT2D eigenvalue weighted by atomic mass is 79.9. The second-order valence-electron chi connectivity index (χ2n) is 7.07. The largest absolute Gasteiger partial charge is 0.482 e. The van der Waals surface area contributed by atoms with Gasteiger partial charge in [-0.3, -0.25) is 0 Å². The second-order valence-corrected chi connectivity index (χ2v) is 7.98. The molecule has 1 atom stereocenters. The van der Waals surface area contributed by atoms with Crippen LogP contribution in [0, 0.1) is 5.82 Å². The Bertz CT molecular complexity index is 1150. The summed E-state index contributed by atoms with van der Waals surface area (Å²) in [6.45, 7) is 0.721. The van der Waals surface area contributed by atoms with E-state index in [1.807, 2.05) is 18.2 Å². The molecule has 28 heavy (non-hydrogen) atoms. The predicted octanol–water partition coefficient (Wildman–Crippen LogP) is 6.05. The van der Waals surface area contributed by atoms with Crippen LogP contribution < -0.4 is 4.74 Å². The van der Waals surface area contributed by atoms with Gasteiger partial charge in [0.05, 0.1) is 11.0 Å². The van der Waals surface area contributed by atoms with E-state index in [4.69, 9.17) is 9.72 Å². The number of fused-ring (bicyclic) bond motifs is 2. The Balaban J connectivity index is 1.55. The zero-order chi connectivity index (χ0) is 19.1. The van der Waals surface area contributed by atoms with Gasteiger partial charge in [-0.15, -0.1) is 0 Å². The summed E-state index contributed by atoms with van der Waals surface area (Å²) in [5.74, 6) is 1.45. The fourth-order valence-corrected chi connectivity index (χ4v) is 4.08. The molecule has 1 aromatic heterocycles. The first kappa shape index (κ1) is 17.4. The average Bonchev–Trinajstić information content (AvgIpc) is 3.08. The summed E-state index contributed by atoms with van der Waals surface area (Å²) in [5, 5.41) is 0. The molecule has 1 aliphatic rings. The maximum absolute atomic E-state index is 13.5. The van der Waals surface area contributed by atoms with Crippen molar-refractivity contribution >= 4 is 27.0 Å². The lowest BCUT2D eigenvalue weighted by molar-refractivity contribution is 0.163. The Morgan fingerprint density at radius 3 is 2.75 bits per heavy atom. The van der Waals surface area contributed by atoms with E-state index >= 15 is 0 Å². The maximum atomic E-state index is 13.5. The van der Waals surface area contributed by atoms with Crippen molar-refractivity contribution in [2.75, 3.05) is 0 Å². The van der Waals surface area contributed by atoms with Crippen LogP contribution in [0.3, 0.4) is 0 Å². The first-order chi connectivity index (χ1) is 13.7. The summed E-state index contributed by atoms with van der Waals surface area (Å²) in [5.41, 5.74) is 4.18. The van der Waals surface area contributed by atoms with E-state index < -0.39 is 0 Å². The summed E-state index contributed by atoms with van der Waals surface area (Å²) in [4.78, 5) is 4.90. The first-order valence-electron chi connectivity index (χ1n) is 9.32. The first-order valence-corrected chi connectivity index (χ1v) is 10.1. The van der Waals surface area contributed by atoms with Crippen molar-refractivity contribution in [2.24, 2.45) is 0 Å². The summed E-state index contributed by atoms with van der Waals surface area (Å²) in [6, 6.07) is 21.2. The number of aromatic nitrogens is 2. The number of hydrogen-bond donors (Lipinski definition) is 0. The van der Waals surface area contributed by atoms with Crippen molar-refractivity contribution in [3.05, 3.63) is 94.0 Å². The number of hydrogen-bond acceptors (Lipinski definition) is 2. The third-order valence-electron chi connectivity index (χ3n) is 5.19. The number of benzene rings is 3. The van der Waals surface area contributed by atoms with Crippen LogP contribution in [0.1, 0.15) is 29.5 Å². The summed E-state index contributed by atoms with van der Waals surface area (Å²) in [6.07, 6.45) is 1.40. The van der Waals surface area contributed by atoms with Crippen LogP contribution in [-0.4, -0.2) is 9.55 Å². The lowest BCUT2D eigenvalue weighted by atomic mass is 10.0. The van der Waals surface area contributed by atoms with Gasteiger partial charge in [-0.1, -0.05) is 40.2 Å². The number of ether oxygens (including phenoxy) is 1. The Hall–Kier alpha value is -2.66. The van der Waals surface area contributed by atoms with Crippen molar-refractivity contribution < 1.29 is 9.13 Å². The minimum absolute atomic E-state index is 0.152. The monoisotopic (exact) mass is 436 g/mol. The highest BCUT2D eigenvalue weighted by molar-refractivity contribution is 9.10. The molecule has 3 aromatic carbocycles. The topological polar surface area (TPSA) is 27.1 Å². The van der Waals surface area contributed by atoms with Gasteiger partial charge >= 0.3 is 0 Å². The minimum Gasteiger partial charge on any atom is -0.482 e. The number of imidazole rings is 1. The van der Waals surface area contributed by atoms with E-state index in [9.17, 15) is 4.39 Å². The van der Waals surface area contributed by atoms with Crippen molar-refractivity contribution in [3.63, 3.8) is 0 Å². The number of nitrogens with zero attached hydrogens (tertiary/aromatic N) is 2. The normalized spacial score (nSPS) is 16.0. The molecular weight excluding hydrogens is 419 g/mol. The lowest BCUT2D eigenvalue weighted by Gasteiger charge is -2.26. The van der Waals surface area contributed by atoms with Crippen LogP contribution in [0.4, 0.5) is 4.39 Å². The highest BCUT2D eigenvalue weighted by Crippen LogP contribution is 2.36. The maximum Gasteiger partial charge on any atom is 0.157 e. The summed E-state index contributed by atoms with van der Waals surface area (Å²) >= 11 is 3.49. The summed E-state index contributed by atoms with van der Waals surface area (Å²) < 4.78 is 23.1. The van der Waals surface area contributed by atoms with Crippen LogP contribution in [-0.2, 0) is 13.0 Å². The molecule has 0 amide bonds. The van der Waals surface area contributed by atoms with Gasteiger partial charge in [0.2, 0.25) is 0 Å². The van der Waals surface area contributed by atoms with E-state index in [0.717, 1.165) is 52.0 Å². The average molecular weight is 437 g/mol. The SMILES string of the molecule is Fc1ccc2c(c1)CCC(c1nc3ccccc3n1Cc1ccc(Br)cc1)O2. The number of rotatable bonds is 3. The van der Waals surface area contributed by atoms with Gasteiger partial charge in [-0.05, 0) is 66.4 Å². The van der Waals surface area contributed by atoms with Crippen LogP contribution >= 0.6 is 15.9 Å². The third kappa shape index (κ3) is 3.20. The smallest absolute Gasteiger partial charge is 0.157 e. The fraction of sp³-hybridized carbons (Fsp3) is 0.174. The Kier molecular flexibility index (Phi) is 4.40. The van der Waals surface area contributed by atoms with E-state index in [1.54, 1.807) is 12.1 Å². The van der Waals surface area contributed by atoms with E-state index in [1.165, 1.54) is 11.6 Å². The molecule has 0 aliphatic carbocycles. The molecular formula is C23H18BrFN2O. The molecule has 1 aliphatic heterocycles. The molecule has 140 valence electrons. The number of aryl methyl sites for hydroxylation is 1. The fourth-order valence-electron chi connectivity index (χ4n) is 3.82. The summed E-state index contributed by atoms with van der Waals surface area (Å²) in [7, 11) is 0. The zero-order valence-corrected chi connectivity index (χ0v) is 16.7. The quantitative estimate of drug-likeness (QED) is 0.390. The van der Waals surface area contributed by atoms with Crippen LogP contribution in [0.5, 0.6) is 5.75 Å². The molecule has 0 spiro atoms. The van der Waals surface area contributed by atoms with Gasteiger partial charge in [-0.25, -0.2) is 9.37 Å². The van der Waals surface area contributed by atoms with Gasteiger partial charge in [-0.2, -0.15) is 0 Å². The van der Waals surface area contributed by atoms with Crippen molar-refractivity contribution in [2.45, 2.75) is 25.5 Å². The Morgan fingerprint density at radius 1 is 1.07 bits per heavy atom. The van der Waals surface area contributed by atoms with Gasteiger partial charge < -0.3 is 9.30 Å². The Morgan fingerprint density at radius 2 is 1.89 bits per heavy atom. The predicted molar refractivity (Wildman–Crippen MR) is 111 cm³/mol. The van der Waals surface area contributed by atoms with Gasteiger partial charge in [0, 0.05) is 11.0 Å². The molecule has 1 unspecified atom stereocenters. The molecule has 0 fully saturated rings. The second kappa shape index (κ2) is 7.06. The molecule has 4 aromatic rings. The van der Waals surface area contributed by atoms with Gasteiger partial charge in [0.25, 0.3) is 0 Å². The molecule has 2 heterocycles. The molecule has 5 rings (SSSR count). The van der Waals surface area contributed by atoms with E-state index in [0.29, 0.717) is 0 Å². The highest BCUT2D eigenvalue weighted by Gasteiger charge is 2.27. The molecule has 0 saturated carbocycles. The van der Waals surface area contributed by atoms with Crippen molar-refractivity contribution in [1.29, 1.82) is 0 Å². The van der Waals surface area contributed by atoms with Crippen molar-refractivity contribution in [1.82, 2.24) is 9.55 Å². The minimum atomic E-state index is -0.219. The Labute approximate surface area is 170 Å². The molecule has 3 nitrogen and oxygen atoms in total. The third-order valence-corrected chi connectivity index (χ3v) is 5.72. The molecule has 5 heteroatoms. The molecule has 0 radical (unpaired) electrons. The van der Waals surface area contributed by atoms with Crippen LogP contribution in [0.25, 0.3) is 11.0 Å². The molecule has 0 N–H and O–H groups in total.